The number of fused-ring (bicyclic) bond motifs is 2. The van der Waals surface area contributed by atoms with E-state index in [4.69, 9.17) is 9.84 Å². The molecule has 38 heavy (non-hydrogen) atoms. The monoisotopic (exact) mass is 508 g/mol. The largest absolute Gasteiger partial charge is 0.494 e. The molecule has 0 N–H and O–H groups in total. The summed E-state index contributed by atoms with van der Waals surface area (Å²) in [5.74, 6) is 3.78. The number of aryl methyl sites for hydroxylation is 1. The molecule has 1 aromatic carbocycles. The number of Topliss-reactive ketones (excluding diaryl/α,β-unsaturated/α-hetero) is 1. The first kappa shape index (κ1) is 22.4. The van der Waals surface area contributed by atoms with Crippen LogP contribution in [0.15, 0.2) is 36.5 Å². The summed E-state index contributed by atoms with van der Waals surface area (Å²) in [6.07, 6.45) is 6.80. The van der Waals surface area contributed by atoms with Crippen molar-refractivity contribution < 1.29 is 14.3 Å². The number of amides is 1. The second-order valence-electron chi connectivity index (χ2n) is 12.1. The zero-order valence-electron chi connectivity index (χ0n) is 22.1. The van der Waals surface area contributed by atoms with Crippen molar-refractivity contribution in [2.24, 2.45) is 23.7 Å². The van der Waals surface area contributed by atoms with Gasteiger partial charge in [0.2, 0.25) is 0 Å². The van der Waals surface area contributed by atoms with Gasteiger partial charge in [-0.05, 0) is 81.4 Å². The SMILES string of the molecule is COc1cc(C(=O)N2CC3CC4CC2C43)cn2nc(-c3cc4ccc(C(C)=O)cc4n3CC3CC3)c(C)c12. The van der Waals surface area contributed by atoms with E-state index >= 15 is 0 Å². The summed E-state index contributed by atoms with van der Waals surface area (Å²) in [6, 6.07) is 10.5. The summed E-state index contributed by atoms with van der Waals surface area (Å²) >= 11 is 0. The Hall–Kier alpha value is -3.61. The zero-order chi connectivity index (χ0) is 25.9. The molecule has 4 atom stereocenters. The number of ketones is 1. The summed E-state index contributed by atoms with van der Waals surface area (Å²) in [5, 5.41) is 6.16. The van der Waals surface area contributed by atoms with E-state index in [1.54, 1.807) is 14.0 Å². The lowest BCUT2D eigenvalue weighted by Gasteiger charge is -2.52. The summed E-state index contributed by atoms with van der Waals surface area (Å²) in [7, 11) is 1.66. The number of ether oxygens (including phenoxy) is 1. The van der Waals surface area contributed by atoms with Crippen LogP contribution in [-0.2, 0) is 6.54 Å². The molecule has 4 fully saturated rings. The molecule has 7 nitrogen and oxygen atoms in total. The van der Waals surface area contributed by atoms with Crippen molar-refractivity contribution in [2.45, 2.75) is 52.1 Å². The van der Waals surface area contributed by atoms with E-state index in [1.807, 2.05) is 35.0 Å². The number of rotatable bonds is 6. The van der Waals surface area contributed by atoms with Gasteiger partial charge in [-0.15, -0.1) is 0 Å². The van der Waals surface area contributed by atoms with Gasteiger partial charge in [-0.3, -0.25) is 9.59 Å². The van der Waals surface area contributed by atoms with Crippen molar-refractivity contribution >= 4 is 28.1 Å². The van der Waals surface area contributed by atoms with E-state index in [0.717, 1.165) is 70.3 Å². The molecule has 1 aliphatic heterocycles. The van der Waals surface area contributed by atoms with Crippen LogP contribution in [0.3, 0.4) is 0 Å². The van der Waals surface area contributed by atoms with Crippen molar-refractivity contribution in [1.29, 1.82) is 0 Å². The lowest BCUT2D eigenvalue weighted by molar-refractivity contribution is -0.0204. The fourth-order valence-corrected chi connectivity index (χ4v) is 7.59. The Morgan fingerprint density at radius 1 is 1.08 bits per heavy atom. The third kappa shape index (κ3) is 3.04. The normalized spacial score (nSPS) is 25.4. The molecule has 4 heterocycles. The molecule has 0 radical (unpaired) electrons. The number of nitrogens with zero attached hydrogens (tertiary/aromatic N) is 4. The number of aromatic nitrogens is 3. The molecule has 4 unspecified atom stereocenters. The number of likely N-dealkylation sites (tertiary alicyclic amines) is 1. The maximum atomic E-state index is 13.7. The first-order valence-corrected chi connectivity index (χ1v) is 13.9. The van der Waals surface area contributed by atoms with Crippen LogP contribution in [0.5, 0.6) is 5.75 Å². The predicted octanol–water partition coefficient (Wildman–Crippen LogP) is 5.37. The van der Waals surface area contributed by atoms with Crippen LogP contribution in [0.25, 0.3) is 27.8 Å². The van der Waals surface area contributed by atoms with Crippen molar-refractivity contribution in [3.05, 3.63) is 53.2 Å². The lowest BCUT2D eigenvalue weighted by atomic mass is 9.53. The number of hydrogen-bond donors (Lipinski definition) is 0. The average molecular weight is 509 g/mol. The summed E-state index contributed by atoms with van der Waals surface area (Å²) in [5.41, 5.74) is 6.27. The van der Waals surface area contributed by atoms with Gasteiger partial charge in [0.15, 0.2) is 5.78 Å². The third-order valence-corrected chi connectivity index (χ3v) is 9.86. The fourth-order valence-electron chi connectivity index (χ4n) is 7.59. The Morgan fingerprint density at radius 2 is 1.92 bits per heavy atom. The van der Waals surface area contributed by atoms with Crippen molar-refractivity contribution in [3.8, 4) is 17.1 Å². The Balaban J connectivity index is 1.25. The number of hydrogen-bond acceptors (Lipinski definition) is 4. The van der Waals surface area contributed by atoms with Gasteiger partial charge < -0.3 is 14.2 Å². The van der Waals surface area contributed by atoms with Crippen LogP contribution < -0.4 is 4.74 Å². The smallest absolute Gasteiger partial charge is 0.255 e. The molecule has 3 saturated carbocycles. The molecular weight excluding hydrogens is 476 g/mol. The minimum Gasteiger partial charge on any atom is -0.494 e. The quantitative estimate of drug-likeness (QED) is 0.329. The molecule has 4 aromatic rings. The van der Waals surface area contributed by atoms with Crippen molar-refractivity contribution in [3.63, 3.8) is 0 Å². The highest BCUT2D eigenvalue weighted by Gasteiger charge is 2.61. The predicted molar refractivity (Wildman–Crippen MR) is 145 cm³/mol. The first-order valence-electron chi connectivity index (χ1n) is 13.9. The van der Waals surface area contributed by atoms with E-state index in [1.165, 1.54) is 19.3 Å². The second-order valence-corrected chi connectivity index (χ2v) is 12.1. The molecule has 1 saturated heterocycles. The van der Waals surface area contributed by atoms with Gasteiger partial charge in [0.25, 0.3) is 5.91 Å². The van der Waals surface area contributed by atoms with Gasteiger partial charge in [0.05, 0.1) is 18.4 Å². The van der Waals surface area contributed by atoms with Crippen molar-refractivity contribution in [1.82, 2.24) is 19.1 Å². The molecule has 194 valence electrons. The third-order valence-electron chi connectivity index (χ3n) is 9.86. The maximum absolute atomic E-state index is 13.7. The molecule has 0 spiro atoms. The highest BCUT2D eigenvalue weighted by Crippen LogP contribution is 2.60. The highest BCUT2D eigenvalue weighted by molar-refractivity contribution is 5.99. The van der Waals surface area contributed by atoms with E-state index in [9.17, 15) is 9.59 Å². The Bertz CT molecular complexity index is 1680. The Morgan fingerprint density at radius 3 is 2.63 bits per heavy atom. The molecule has 3 aromatic heterocycles. The van der Waals surface area contributed by atoms with Crippen LogP contribution in [-0.4, -0.2) is 50.5 Å². The molecular formula is C31H32N4O3. The van der Waals surface area contributed by atoms with Gasteiger partial charge in [-0.25, -0.2) is 4.52 Å². The number of pyridine rings is 1. The number of carbonyl (C=O) groups excluding carboxylic acids is 2. The molecule has 7 heteroatoms. The van der Waals surface area contributed by atoms with Crippen LogP contribution in [0.4, 0.5) is 0 Å². The van der Waals surface area contributed by atoms with Crippen LogP contribution in [0.1, 0.15) is 58.9 Å². The van der Waals surface area contributed by atoms with Gasteiger partial charge in [-0.1, -0.05) is 12.1 Å². The number of methoxy groups -OCH3 is 1. The summed E-state index contributed by atoms with van der Waals surface area (Å²) < 4.78 is 10.0. The van der Waals surface area contributed by atoms with E-state index in [2.05, 4.69) is 22.5 Å². The Kier molecular flexibility index (Phi) is 4.54. The zero-order valence-corrected chi connectivity index (χ0v) is 22.1. The Labute approximate surface area is 221 Å². The number of benzene rings is 1. The molecule has 1 amide bonds. The van der Waals surface area contributed by atoms with E-state index in [0.29, 0.717) is 29.2 Å². The second kappa shape index (κ2) is 7.71. The van der Waals surface area contributed by atoms with E-state index < -0.39 is 0 Å². The van der Waals surface area contributed by atoms with Crippen LogP contribution in [0, 0.1) is 30.6 Å². The average Bonchev–Trinajstić information content (AvgIpc) is 3.56. The number of carbonyl (C=O) groups is 2. The molecule has 8 rings (SSSR count). The van der Waals surface area contributed by atoms with Crippen LogP contribution in [0.2, 0.25) is 0 Å². The molecule has 0 bridgehead atoms. The lowest BCUT2D eigenvalue weighted by Crippen LogP contribution is -2.53. The molecule has 4 aliphatic rings. The standard InChI is InChI=1S/C31H32N4O3/c1-16-29(26-10-20-7-6-19(17(2)36)9-24(20)33(26)13-18-4-5-18)32-35-15-23(12-27(38-3)30(16)35)31(37)34-14-22-8-21-11-25(34)28(21)22/h6-7,9-10,12,15,18,21-22,25,28H,4-5,8,11,13-14H2,1-3H3. The summed E-state index contributed by atoms with van der Waals surface area (Å²) in [6.45, 7) is 5.49. The maximum Gasteiger partial charge on any atom is 0.255 e. The fraction of sp³-hybridized carbons (Fsp3) is 0.452. The minimum atomic E-state index is 0.0712. The van der Waals surface area contributed by atoms with Gasteiger partial charge in [0.1, 0.15) is 17.0 Å². The highest BCUT2D eigenvalue weighted by atomic mass is 16.5. The first-order chi connectivity index (χ1) is 18.4. The summed E-state index contributed by atoms with van der Waals surface area (Å²) in [4.78, 5) is 27.9. The van der Waals surface area contributed by atoms with Crippen molar-refractivity contribution in [2.75, 3.05) is 13.7 Å². The molecule has 3 aliphatic carbocycles. The van der Waals surface area contributed by atoms with Gasteiger partial charge >= 0.3 is 0 Å². The van der Waals surface area contributed by atoms with E-state index in [-0.39, 0.29) is 11.7 Å². The topological polar surface area (TPSA) is 68.8 Å². The van der Waals surface area contributed by atoms with Gasteiger partial charge in [-0.2, -0.15) is 5.10 Å². The van der Waals surface area contributed by atoms with Crippen LogP contribution >= 0.6 is 0 Å². The van der Waals surface area contributed by atoms with Gasteiger partial charge in [0, 0.05) is 47.4 Å². The minimum absolute atomic E-state index is 0.0712.